The van der Waals surface area contributed by atoms with Crippen LogP contribution in [0.3, 0.4) is 0 Å². The molecule has 14 heavy (non-hydrogen) atoms. The molecule has 1 fully saturated rings. The molecule has 0 spiro atoms. The Balaban J connectivity index is 2.98. The lowest BCUT2D eigenvalue weighted by atomic mass is 9.64. The van der Waals surface area contributed by atoms with E-state index in [0.29, 0.717) is 12.8 Å². The van der Waals surface area contributed by atoms with Gasteiger partial charge in [0.2, 0.25) is 0 Å². The fourth-order valence-electron chi connectivity index (χ4n) is 2.35. The summed E-state index contributed by atoms with van der Waals surface area (Å²) in [5, 5.41) is 9.41. The molecule has 2 heteroatoms. The van der Waals surface area contributed by atoms with Gasteiger partial charge in [0.1, 0.15) is 5.78 Å². The summed E-state index contributed by atoms with van der Waals surface area (Å²) in [6.07, 6.45) is 3.53. The highest BCUT2D eigenvalue weighted by Gasteiger charge is 2.41. The molecule has 0 saturated heterocycles. The van der Waals surface area contributed by atoms with Gasteiger partial charge in [-0.25, -0.2) is 0 Å². The molecule has 0 aliphatic heterocycles. The molecule has 1 aliphatic rings. The van der Waals surface area contributed by atoms with Crippen molar-refractivity contribution < 1.29 is 9.90 Å². The van der Waals surface area contributed by atoms with Gasteiger partial charge in [0.25, 0.3) is 0 Å². The van der Waals surface area contributed by atoms with Crippen LogP contribution in [-0.4, -0.2) is 17.5 Å². The van der Waals surface area contributed by atoms with Gasteiger partial charge in [-0.05, 0) is 19.3 Å². The Morgan fingerprint density at radius 1 is 1.79 bits per heavy atom. The summed E-state index contributed by atoms with van der Waals surface area (Å²) in [6, 6.07) is 0. The molecule has 1 aliphatic carbocycles. The van der Waals surface area contributed by atoms with E-state index in [2.05, 4.69) is 13.2 Å². The third kappa shape index (κ3) is 1.80. The summed E-state index contributed by atoms with van der Waals surface area (Å²) in [5.41, 5.74) is 0.577. The zero-order valence-corrected chi connectivity index (χ0v) is 8.75. The van der Waals surface area contributed by atoms with Crippen LogP contribution in [0.15, 0.2) is 24.8 Å². The van der Waals surface area contributed by atoms with E-state index in [9.17, 15) is 9.90 Å². The Morgan fingerprint density at radius 2 is 2.43 bits per heavy atom. The number of hydrogen-bond acceptors (Lipinski definition) is 2. The fraction of sp³-hybridized carbons (Fsp3) is 0.583. The number of carbonyl (C=O) groups excluding carboxylic acids is 1. The molecule has 2 nitrogen and oxygen atoms in total. The predicted molar refractivity (Wildman–Crippen MR) is 56.9 cm³/mol. The van der Waals surface area contributed by atoms with E-state index < -0.39 is 5.41 Å². The minimum absolute atomic E-state index is 0.0141. The van der Waals surface area contributed by atoms with Gasteiger partial charge < -0.3 is 5.11 Å². The predicted octanol–water partition coefficient (Wildman–Crippen LogP) is 2.10. The second-order valence-corrected chi connectivity index (χ2v) is 4.25. The second-order valence-electron chi connectivity index (χ2n) is 4.25. The maximum Gasteiger partial charge on any atom is 0.133 e. The van der Waals surface area contributed by atoms with Gasteiger partial charge in [-0.15, -0.1) is 6.58 Å². The molecule has 0 amide bonds. The van der Waals surface area contributed by atoms with Crippen molar-refractivity contribution in [1.82, 2.24) is 0 Å². The molecule has 2 unspecified atom stereocenters. The van der Waals surface area contributed by atoms with Crippen LogP contribution in [0, 0.1) is 11.3 Å². The fourth-order valence-corrected chi connectivity index (χ4v) is 2.35. The highest BCUT2D eigenvalue weighted by atomic mass is 16.3. The number of rotatable bonds is 3. The van der Waals surface area contributed by atoms with Crippen molar-refractivity contribution in [3.63, 3.8) is 0 Å². The number of aliphatic hydroxyl groups excluding tert-OH is 1. The van der Waals surface area contributed by atoms with Crippen molar-refractivity contribution in [2.75, 3.05) is 6.61 Å². The van der Waals surface area contributed by atoms with Crippen LogP contribution in [0.4, 0.5) is 0 Å². The van der Waals surface area contributed by atoms with Crippen LogP contribution in [-0.2, 0) is 4.79 Å². The summed E-state index contributed by atoms with van der Waals surface area (Å²) in [7, 11) is 0. The van der Waals surface area contributed by atoms with E-state index in [4.69, 9.17) is 0 Å². The highest BCUT2D eigenvalue weighted by molar-refractivity contribution is 5.80. The SMILES string of the molecule is C=CC1(CO)CC(=O)CCC1C(=C)C. The summed E-state index contributed by atoms with van der Waals surface area (Å²) in [6.45, 7) is 9.60. The van der Waals surface area contributed by atoms with E-state index in [-0.39, 0.29) is 18.3 Å². The van der Waals surface area contributed by atoms with Gasteiger partial charge in [-0.3, -0.25) is 4.79 Å². The molecule has 0 heterocycles. The van der Waals surface area contributed by atoms with Crippen LogP contribution in [0.25, 0.3) is 0 Å². The Bertz CT molecular complexity index is 267. The van der Waals surface area contributed by atoms with E-state index in [1.807, 2.05) is 6.92 Å². The molecule has 1 saturated carbocycles. The smallest absolute Gasteiger partial charge is 0.133 e. The number of carbonyl (C=O) groups is 1. The van der Waals surface area contributed by atoms with Crippen molar-refractivity contribution in [3.8, 4) is 0 Å². The first-order chi connectivity index (χ1) is 6.55. The summed E-state index contributed by atoms with van der Waals surface area (Å²) < 4.78 is 0. The molecule has 0 bridgehead atoms. The second kappa shape index (κ2) is 4.09. The molecular weight excluding hydrogens is 176 g/mol. The molecule has 1 rings (SSSR count). The van der Waals surface area contributed by atoms with E-state index in [1.165, 1.54) is 0 Å². The minimum atomic E-state index is -0.457. The highest BCUT2D eigenvalue weighted by Crippen LogP contribution is 2.43. The first-order valence-corrected chi connectivity index (χ1v) is 4.97. The molecule has 2 atom stereocenters. The number of hydrogen-bond donors (Lipinski definition) is 1. The number of aliphatic hydroxyl groups is 1. The number of allylic oxidation sites excluding steroid dienone is 1. The molecule has 1 N–H and O–H groups in total. The van der Waals surface area contributed by atoms with E-state index in [0.717, 1.165) is 12.0 Å². The van der Waals surface area contributed by atoms with Crippen LogP contribution in [0.5, 0.6) is 0 Å². The molecule has 0 radical (unpaired) electrons. The average molecular weight is 194 g/mol. The monoisotopic (exact) mass is 194 g/mol. The van der Waals surface area contributed by atoms with Crippen LogP contribution >= 0.6 is 0 Å². The molecule has 0 aromatic heterocycles. The van der Waals surface area contributed by atoms with Crippen molar-refractivity contribution >= 4 is 5.78 Å². The standard InChI is InChI=1S/C12H18O2/c1-4-12(8-13)7-10(14)5-6-11(12)9(2)3/h4,11,13H,1-2,5-8H2,3H3. The van der Waals surface area contributed by atoms with Gasteiger partial charge in [-0.1, -0.05) is 18.2 Å². The van der Waals surface area contributed by atoms with Crippen molar-refractivity contribution in [2.45, 2.75) is 26.2 Å². The molecular formula is C12H18O2. The Hall–Kier alpha value is -0.890. The maximum atomic E-state index is 11.4. The summed E-state index contributed by atoms with van der Waals surface area (Å²) >= 11 is 0. The Kier molecular flexibility index (Phi) is 3.27. The first kappa shape index (κ1) is 11.2. The first-order valence-electron chi connectivity index (χ1n) is 4.97. The number of ketones is 1. The molecule has 0 aromatic carbocycles. The third-order valence-electron chi connectivity index (χ3n) is 3.23. The average Bonchev–Trinajstić information content (AvgIpc) is 2.16. The largest absolute Gasteiger partial charge is 0.395 e. The Morgan fingerprint density at radius 3 is 2.86 bits per heavy atom. The molecule has 78 valence electrons. The van der Waals surface area contributed by atoms with Crippen LogP contribution < -0.4 is 0 Å². The zero-order chi connectivity index (χ0) is 10.8. The van der Waals surface area contributed by atoms with E-state index >= 15 is 0 Å². The lowest BCUT2D eigenvalue weighted by molar-refractivity contribution is -0.125. The lowest BCUT2D eigenvalue weighted by Crippen LogP contribution is -2.39. The van der Waals surface area contributed by atoms with Crippen LogP contribution in [0.2, 0.25) is 0 Å². The van der Waals surface area contributed by atoms with Crippen molar-refractivity contribution in [3.05, 3.63) is 24.8 Å². The van der Waals surface area contributed by atoms with Gasteiger partial charge in [0.15, 0.2) is 0 Å². The van der Waals surface area contributed by atoms with Crippen molar-refractivity contribution in [2.24, 2.45) is 11.3 Å². The quantitative estimate of drug-likeness (QED) is 0.698. The zero-order valence-electron chi connectivity index (χ0n) is 8.75. The lowest BCUT2D eigenvalue weighted by Gasteiger charge is -2.40. The summed E-state index contributed by atoms with van der Waals surface area (Å²) in [5.74, 6) is 0.416. The number of Topliss-reactive ketones (excluding diaryl/α,β-unsaturated/α-hetero) is 1. The van der Waals surface area contributed by atoms with Crippen molar-refractivity contribution in [1.29, 1.82) is 0 Å². The van der Waals surface area contributed by atoms with Gasteiger partial charge in [0, 0.05) is 18.3 Å². The third-order valence-corrected chi connectivity index (χ3v) is 3.23. The van der Waals surface area contributed by atoms with Gasteiger partial charge in [0.05, 0.1) is 6.61 Å². The summed E-state index contributed by atoms with van der Waals surface area (Å²) in [4.78, 5) is 11.4. The topological polar surface area (TPSA) is 37.3 Å². The minimum Gasteiger partial charge on any atom is -0.395 e. The van der Waals surface area contributed by atoms with Gasteiger partial charge >= 0.3 is 0 Å². The molecule has 0 aromatic rings. The van der Waals surface area contributed by atoms with E-state index in [1.54, 1.807) is 6.08 Å². The van der Waals surface area contributed by atoms with Gasteiger partial charge in [-0.2, -0.15) is 0 Å². The Labute approximate surface area is 85.3 Å². The normalized spacial score (nSPS) is 32.7. The van der Waals surface area contributed by atoms with Crippen LogP contribution in [0.1, 0.15) is 26.2 Å². The maximum absolute atomic E-state index is 11.4.